The van der Waals surface area contributed by atoms with Crippen LogP contribution in [-0.2, 0) is 14.4 Å². The molecule has 0 unspecified atom stereocenters. The number of rotatable bonds is 8. The van der Waals surface area contributed by atoms with Crippen molar-refractivity contribution in [3.8, 4) is 0 Å². The molecule has 4 atom stereocenters. The van der Waals surface area contributed by atoms with E-state index >= 15 is 0 Å². The number of thioether (sulfide) groups is 1. The van der Waals surface area contributed by atoms with Gasteiger partial charge < -0.3 is 10.4 Å². The average Bonchev–Trinajstić information content (AvgIpc) is 3.01. The van der Waals surface area contributed by atoms with Crippen molar-refractivity contribution in [2.45, 2.75) is 50.6 Å². The average molecular weight is 421 g/mol. The van der Waals surface area contributed by atoms with E-state index in [4.69, 9.17) is 0 Å². The lowest BCUT2D eigenvalue weighted by Crippen LogP contribution is -2.61. The van der Waals surface area contributed by atoms with E-state index in [-0.39, 0.29) is 35.3 Å². The van der Waals surface area contributed by atoms with Crippen LogP contribution in [0.4, 0.5) is 0 Å². The zero-order valence-electron chi connectivity index (χ0n) is 15.8. The van der Waals surface area contributed by atoms with Crippen LogP contribution in [0.5, 0.6) is 0 Å². The Bertz CT molecular complexity index is 812. The van der Waals surface area contributed by atoms with E-state index in [2.05, 4.69) is 17.9 Å². The topological polar surface area (TPSA) is 86.7 Å². The molecule has 2 N–H and O–H groups in total. The number of allylic oxidation sites excluding steroid dienone is 1. The molecule has 0 bridgehead atoms. The van der Waals surface area contributed by atoms with Crippen LogP contribution in [0.3, 0.4) is 0 Å². The minimum absolute atomic E-state index is 0.115. The smallest absolute Gasteiger partial charge is 0.236 e. The van der Waals surface area contributed by atoms with E-state index in [0.717, 1.165) is 5.56 Å². The standard InChI is InChI=1S/C20H24N2O4S2/c1-3-13(23)16-18(25)22-17(20(26)27)14(28-19(16)22)9-10-15(24)21-11(2)12-7-5-4-6-8-12/h4-8,11,13,16,19,23H,3,9-10H2,1-2H3,(H,21,24)(H,26,27)/t11-,13+,16-,19-/m1/s1. The Kier molecular flexibility index (Phi) is 6.52. The molecule has 1 saturated heterocycles. The molecule has 8 heteroatoms. The number of amides is 2. The van der Waals surface area contributed by atoms with E-state index < -0.39 is 17.1 Å². The predicted octanol–water partition coefficient (Wildman–Crippen LogP) is 2.61. The molecule has 1 aromatic rings. The van der Waals surface area contributed by atoms with Gasteiger partial charge in [0.15, 0.2) is 0 Å². The summed E-state index contributed by atoms with van der Waals surface area (Å²) >= 11 is 5.30. The van der Waals surface area contributed by atoms with E-state index in [0.29, 0.717) is 17.7 Å². The molecular weight excluding hydrogens is 396 g/mol. The number of aliphatic hydroxyl groups excluding tert-OH is 1. The maximum Gasteiger partial charge on any atom is 0.236 e. The first-order valence-electron chi connectivity index (χ1n) is 9.33. The Morgan fingerprint density at radius 2 is 2.00 bits per heavy atom. The lowest BCUT2D eigenvalue weighted by atomic mass is 9.90. The fourth-order valence-electron chi connectivity index (χ4n) is 3.56. The third-order valence-corrected chi connectivity index (χ3v) is 6.78. The molecule has 3 rings (SSSR count). The summed E-state index contributed by atoms with van der Waals surface area (Å²) in [6.45, 7) is 3.73. The second-order valence-corrected chi connectivity index (χ2v) is 8.61. The number of carbonyl (C=O) groups is 3. The van der Waals surface area contributed by atoms with Crippen molar-refractivity contribution in [2.75, 3.05) is 0 Å². The number of hydrogen-bond donors (Lipinski definition) is 3. The SMILES string of the molecule is CC[C@H](O)[C@@H]1C(=O)N2C(C(=O)S)=C(CCC(=O)N[C@H](C)c3ccccc3)S[C@H]12. The third kappa shape index (κ3) is 3.99. The zero-order chi connectivity index (χ0) is 20.4. The van der Waals surface area contributed by atoms with Crippen molar-refractivity contribution in [1.82, 2.24) is 10.2 Å². The van der Waals surface area contributed by atoms with Gasteiger partial charge in [0.1, 0.15) is 11.1 Å². The summed E-state index contributed by atoms with van der Waals surface area (Å²) < 4.78 is 0. The van der Waals surface area contributed by atoms with Gasteiger partial charge in [-0.2, -0.15) is 0 Å². The van der Waals surface area contributed by atoms with Crippen LogP contribution in [0.1, 0.15) is 44.7 Å². The maximum absolute atomic E-state index is 12.4. The molecule has 1 aromatic carbocycles. The minimum atomic E-state index is -0.730. The number of hydrogen-bond acceptors (Lipinski definition) is 5. The number of thiol groups is 1. The van der Waals surface area contributed by atoms with Gasteiger partial charge in [-0.15, -0.1) is 11.8 Å². The predicted molar refractivity (Wildman–Crippen MR) is 111 cm³/mol. The molecule has 2 aliphatic rings. The van der Waals surface area contributed by atoms with Crippen molar-refractivity contribution in [3.63, 3.8) is 0 Å². The summed E-state index contributed by atoms with van der Waals surface area (Å²) in [6, 6.07) is 9.55. The molecular formula is C20H24N2O4S2. The van der Waals surface area contributed by atoms with Crippen molar-refractivity contribution < 1.29 is 19.5 Å². The molecule has 150 valence electrons. The van der Waals surface area contributed by atoms with Crippen LogP contribution in [0.2, 0.25) is 0 Å². The van der Waals surface area contributed by atoms with Crippen molar-refractivity contribution in [1.29, 1.82) is 0 Å². The molecule has 1 fully saturated rings. The van der Waals surface area contributed by atoms with Crippen LogP contribution in [0.15, 0.2) is 40.9 Å². The summed E-state index contributed by atoms with van der Waals surface area (Å²) in [6.07, 6.45) is 0.307. The van der Waals surface area contributed by atoms with E-state index in [1.807, 2.05) is 44.2 Å². The number of aliphatic hydroxyl groups is 1. The number of carbonyl (C=O) groups excluding carboxylic acids is 3. The second-order valence-electron chi connectivity index (χ2n) is 6.99. The Balaban J connectivity index is 1.63. The van der Waals surface area contributed by atoms with Crippen LogP contribution in [0, 0.1) is 5.92 Å². The van der Waals surface area contributed by atoms with Gasteiger partial charge in [0, 0.05) is 11.3 Å². The van der Waals surface area contributed by atoms with E-state index in [1.165, 1.54) is 16.7 Å². The number of nitrogens with one attached hydrogen (secondary N) is 1. The van der Waals surface area contributed by atoms with Gasteiger partial charge in [-0.1, -0.05) is 49.9 Å². The molecule has 0 saturated carbocycles. The molecule has 0 radical (unpaired) electrons. The van der Waals surface area contributed by atoms with Gasteiger partial charge in [0.2, 0.25) is 16.9 Å². The van der Waals surface area contributed by atoms with Crippen LogP contribution in [0.25, 0.3) is 0 Å². The Morgan fingerprint density at radius 3 is 2.61 bits per heavy atom. The van der Waals surface area contributed by atoms with E-state index in [9.17, 15) is 19.5 Å². The molecule has 0 aliphatic carbocycles. The molecule has 6 nitrogen and oxygen atoms in total. The monoisotopic (exact) mass is 420 g/mol. The Labute approximate surface area is 174 Å². The van der Waals surface area contributed by atoms with E-state index in [1.54, 1.807) is 0 Å². The van der Waals surface area contributed by atoms with Crippen LogP contribution < -0.4 is 5.32 Å². The highest BCUT2D eigenvalue weighted by atomic mass is 32.2. The fourth-order valence-corrected chi connectivity index (χ4v) is 5.45. The summed E-state index contributed by atoms with van der Waals surface area (Å²) in [5, 5.41) is 12.3. The van der Waals surface area contributed by atoms with Gasteiger partial charge >= 0.3 is 0 Å². The normalized spacial score (nSPS) is 23.1. The van der Waals surface area contributed by atoms with Crippen molar-refractivity contribution in [3.05, 3.63) is 46.5 Å². The minimum Gasteiger partial charge on any atom is -0.392 e. The Hall–Kier alpha value is -1.77. The third-order valence-electron chi connectivity index (χ3n) is 5.14. The highest BCUT2D eigenvalue weighted by Crippen LogP contribution is 2.52. The van der Waals surface area contributed by atoms with Gasteiger partial charge in [-0.3, -0.25) is 19.3 Å². The quantitative estimate of drug-likeness (QED) is 0.445. The Morgan fingerprint density at radius 1 is 1.32 bits per heavy atom. The lowest BCUT2D eigenvalue weighted by molar-refractivity contribution is -0.154. The van der Waals surface area contributed by atoms with Gasteiger partial charge in [0.05, 0.1) is 18.1 Å². The van der Waals surface area contributed by atoms with Crippen LogP contribution >= 0.6 is 24.4 Å². The number of β-lactam (4-membered cyclic amide) rings is 1. The van der Waals surface area contributed by atoms with Crippen molar-refractivity contribution >= 4 is 41.3 Å². The molecule has 0 spiro atoms. The van der Waals surface area contributed by atoms with Crippen molar-refractivity contribution in [2.24, 2.45) is 5.92 Å². The summed E-state index contributed by atoms with van der Waals surface area (Å²) in [7, 11) is 0. The van der Waals surface area contributed by atoms with Gasteiger partial charge in [-0.25, -0.2) is 0 Å². The molecule has 0 aromatic heterocycles. The number of fused-ring (bicyclic) bond motifs is 1. The first-order valence-corrected chi connectivity index (χ1v) is 10.7. The summed E-state index contributed by atoms with van der Waals surface area (Å²) in [5.74, 6) is -0.885. The fraction of sp³-hybridized carbons (Fsp3) is 0.450. The van der Waals surface area contributed by atoms with Crippen LogP contribution in [-0.4, -0.2) is 38.4 Å². The lowest BCUT2D eigenvalue weighted by Gasteiger charge is -2.44. The number of nitrogens with zero attached hydrogens (tertiary/aromatic N) is 1. The van der Waals surface area contributed by atoms with Gasteiger partial charge in [-0.05, 0) is 25.3 Å². The summed E-state index contributed by atoms with van der Waals surface area (Å²) in [5.41, 5.74) is 1.27. The second kappa shape index (κ2) is 8.71. The molecule has 2 heterocycles. The highest BCUT2D eigenvalue weighted by molar-refractivity contribution is 8.04. The maximum atomic E-state index is 12.4. The first-order chi connectivity index (χ1) is 13.3. The molecule has 28 heavy (non-hydrogen) atoms. The molecule has 2 aliphatic heterocycles. The largest absolute Gasteiger partial charge is 0.392 e. The summed E-state index contributed by atoms with van der Waals surface area (Å²) in [4.78, 5) is 38.8. The molecule has 2 amide bonds. The first kappa shape index (κ1) is 21.0. The zero-order valence-corrected chi connectivity index (χ0v) is 17.5. The van der Waals surface area contributed by atoms with Gasteiger partial charge in [0.25, 0.3) is 0 Å². The number of benzene rings is 1. The highest BCUT2D eigenvalue weighted by Gasteiger charge is 2.57.